The molecule has 1 fully saturated rings. The van der Waals surface area contributed by atoms with Gasteiger partial charge in [-0.05, 0) is 31.9 Å². The highest BCUT2D eigenvalue weighted by Gasteiger charge is 2.27. The molecule has 1 amide bonds. The van der Waals surface area contributed by atoms with Gasteiger partial charge in [-0.3, -0.25) is 9.59 Å². The number of amides is 1. The average Bonchev–Trinajstić information content (AvgIpc) is 3.24. The van der Waals surface area contributed by atoms with Gasteiger partial charge in [0.1, 0.15) is 5.75 Å². The Labute approximate surface area is 123 Å². The van der Waals surface area contributed by atoms with Crippen LogP contribution >= 0.6 is 0 Å². The molecular formula is C15H20N2O4. The molecule has 1 saturated carbocycles. The molecule has 1 aromatic carbocycles. The van der Waals surface area contributed by atoms with Crippen molar-refractivity contribution in [3.05, 3.63) is 24.3 Å². The van der Waals surface area contributed by atoms with Crippen LogP contribution in [0.5, 0.6) is 5.75 Å². The van der Waals surface area contributed by atoms with E-state index < -0.39 is 12.1 Å². The maximum absolute atomic E-state index is 11.6. The molecule has 1 atom stereocenters. The molecule has 0 bridgehead atoms. The quantitative estimate of drug-likeness (QED) is 0.583. The number of carbonyl (C=O) groups is 2. The fourth-order valence-electron chi connectivity index (χ4n) is 1.71. The van der Waals surface area contributed by atoms with E-state index in [-0.39, 0.29) is 25.0 Å². The Hall–Kier alpha value is -2.24. The zero-order chi connectivity index (χ0) is 15.2. The van der Waals surface area contributed by atoms with Crippen LogP contribution in [0.15, 0.2) is 24.3 Å². The van der Waals surface area contributed by atoms with Crippen LogP contribution in [0.4, 0.5) is 5.69 Å². The lowest BCUT2D eigenvalue weighted by molar-refractivity contribution is -0.155. The summed E-state index contributed by atoms with van der Waals surface area (Å²) in [6.07, 6.45) is 1.28. The van der Waals surface area contributed by atoms with Gasteiger partial charge in [-0.1, -0.05) is 12.1 Å². The van der Waals surface area contributed by atoms with Crippen LogP contribution in [0.3, 0.4) is 0 Å². The number of carbonyl (C=O) groups excluding carboxylic acids is 2. The SMILES string of the molecule is CC(OC(=O)CCOc1ccccc1N)C(=O)NC1CC1. The first-order chi connectivity index (χ1) is 10.1. The van der Waals surface area contributed by atoms with Crippen LogP contribution in [-0.2, 0) is 14.3 Å². The molecule has 0 saturated heterocycles. The fourth-order valence-corrected chi connectivity index (χ4v) is 1.71. The third-order valence-electron chi connectivity index (χ3n) is 3.08. The van der Waals surface area contributed by atoms with Crippen LogP contribution in [0.25, 0.3) is 0 Å². The van der Waals surface area contributed by atoms with E-state index in [9.17, 15) is 9.59 Å². The monoisotopic (exact) mass is 292 g/mol. The Morgan fingerprint density at radius 1 is 1.38 bits per heavy atom. The molecule has 3 N–H and O–H groups in total. The Kier molecular flexibility index (Phi) is 5.03. The molecule has 21 heavy (non-hydrogen) atoms. The second-order valence-electron chi connectivity index (χ2n) is 5.05. The van der Waals surface area contributed by atoms with Crippen molar-refractivity contribution in [2.45, 2.75) is 38.3 Å². The van der Waals surface area contributed by atoms with E-state index in [1.54, 1.807) is 31.2 Å². The zero-order valence-corrected chi connectivity index (χ0v) is 12.0. The van der Waals surface area contributed by atoms with Crippen molar-refractivity contribution >= 4 is 17.6 Å². The molecular weight excluding hydrogens is 272 g/mol. The molecule has 1 aromatic rings. The molecule has 6 nitrogen and oxygen atoms in total. The number of para-hydroxylation sites is 2. The molecule has 114 valence electrons. The maximum Gasteiger partial charge on any atom is 0.310 e. The van der Waals surface area contributed by atoms with Crippen LogP contribution < -0.4 is 15.8 Å². The molecule has 1 aliphatic carbocycles. The minimum atomic E-state index is -0.778. The second-order valence-corrected chi connectivity index (χ2v) is 5.05. The highest BCUT2D eigenvalue weighted by atomic mass is 16.5. The van der Waals surface area contributed by atoms with Crippen molar-refractivity contribution in [3.8, 4) is 5.75 Å². The first-order valence-corrected chi connectivity index (χ1v) is 7.03. The summed E-state index contributed by atoms with van der Waals surface area (Å²) in [5.41, 5.74) is 6.23. The van der Waals surface area contributed by atoms with Crippen molar-refractivity contribution in [2.24, 2.45) is 0 Å². The standard InChI is InChI=1S/C15H20N2O4/c1-10(15(19)17-11-6-7-11)21-14(18)8-9-20-13-5-3-2-4-12(13)16/h2-5,10-11H,6-9,16H2,1H3,(H,17,19). The average molecular weight is 292 g/mol. The number of esters is 1. The van der Waals surface area contributed by atoms with E-state index in [0.29, 0.717) is 11.4 Å². The lowest BCUT2D eigenvalue weighted by atomic mass is 10.3. The van der Waals surface area contributed by atoms with Gasteiger partial charge < -0.3 is 20.5 Å². The van der Waals surface area contributed by atoms with Gasteiger partial charge in [0.05, 0.1) is 18.7 Å². The first-order valence-electron chi connectivity index (χ1n) is 7.03. The van der Waals surface area contributed by atoms with Crippen molar-refractivity contribution in [2.75, 3.05) is 12.3 Å². The van der Waals surface area contributed by atoms with E-state index in [4.69, 9.17) is 15.2 Å². The number of nitrogens with two attached hydrogens (primary N) is 1. The number of hydrogen-bond acceptors (Lipinski definition) is 5. The van der Waals surface area contributed by atoms with Gasteiger partial charge >= 0.3 is 5.97 Å². The smallest absolute Gasteiger partial charge is 0.310 e. The summed E-state index contributed by atoms with van der Waals surface area (Å²) >= 11 is 0. The molecule has 0 aromatic heterocycles. The van der Waals surface area contributed by atoms with Crippen molar-refractivity contribution in [1.82, 2.24) is 5.32 Å². The highest BCUT2D eigenvalue weighted by Crippen LogP contribution is 2.20. The number of anilines is 1. The number of nitrogen functional groups attached to an aromatic ring is 1. The summed E-state index contributed by atoms with van der Waals surface area (Å²) in [5, 5.41) is 2.78. The Balaban J connectivity index is 1.67. The topological polar surface area (TPSA) is 90.7 Å². The van der Waals surface area contributed by atoms with E-state index in [1.807, 2.05) is 0 Å². The predicted octanol–water partition coefficient (Wildman–Crippen LogP) is 1.25. The van der Waals surface area contributed by atoms with Gasteiger partial charge in [-0.2, -0.15) is 0 Å². The summed E-state index contributed by atoms with van der Waals surface area (Å²) in [4.78, 5) is 23.3. The Morgan fingerprint density at radius 2 is 2.10 bits per heavy atom. The zero-order valence-electron chi connectivity index (χ0n) is 12.0. The summed E-state index contributed by atoms with van der Waals surface area (Å²) in [5.74, 6) is -0.188. The maximum atomic E-state index is 11.6. The van der Waals surface area contributed by atoms with Crippen LogP contribution in [0, 0.1) is 0 Å². The molecule has 0 radical (unpaired) electrons. The lowest BCUT2D eigenvalue weighted by Gasteiger charge is -2.13. The third kappa shape index (κ3) is 4.98. The van der Waals surface area contributed by atoms with Gasteiger partial charge in [-0.15, -0.1) is 0 Å². The molecule has 6 heteroatoms. The van der Waals surface area contributed by atoms with E-state index in [0.717, 1.165) is 12.8 Å². The molecule has 2 rings (SSSR count). The molecule has 0 heterocycles. The number of benzene rings is 1. The number of ether oxygens (including phenoxy) is 2. The van der Waals surface area contributed by atoms with Crippen molar-refractivity contribution in [3.63, 3.8) is 0 Å². The third-order valence-corrected chi connectivity index (χ3v) is 3.08. The normalized spacial score (nSPS) is 15.1. The van der Waals surface area contributed by atoms with Crippen LogP contribution in [0.2, 0.25) is 0 Å². The molecule has 0 spiro atoms. The fraction of sp³-hybridized carbons (Fsp3) is 0.467. The summed E-state index contributed by atoms with van der Waals surface area (Å²) in [7, 11) is 0. The van der Waals surface area contributed by atoms with Crippen molar-refractivity contribution < 1.29 is 19.1 Å². The largest absolute Gasteiger partial charge is 0.491 e. The highest BCUT2D eigenvalue weighted by molar-refractivity contribution is 5.83. The van der Waals surface area contributed by atoms with Gasteiger partial charge in [-0.25, -0.2) is 0 Å². The molecule has 1 unspecified atom stereocenters. The van der Waals surface area contributed by atoms with Crippen LogP contribution in [0.1, 0.15) is 26.2 Å². The van der Waals surface area contributed by atoms with E-state index in [1.165, 1.54) is 0 Å². The van der Waals surface area contributed by atoms with Crippen LogP contribution in [-0.4, -0.2) is 30.6 Å². The Bertz CT molecular complexity index is 514. The number of hydrogen-bond donors (Lipinski definition) is 2. The minimum absolute atomic E-state index is 0.0649. The number of rotatable bonds is 7. The van der Waals surface area contributed by atoms with E-state index in [2.05, 4.69) is 5.32 Å². The van der Waals surface area contributed by atoms with Gasteiger partial charge in [0.2, 0.25) is 0 Å². The Morgan fingerprint density at radius 3 is 2.76 bits per heavy atom. The number of nitrogens with one attached hydrogen (secondary N) is 1. The molecule has 1 aliphatic rings. The van der Waals surface area contributed by atoms with Gasteiger partial charge in [0.25, 0.3) is 5.91 Å². The van der Waals surface area contributed by atoms with E-state index >= 15 is 0 Å². The minimum Gasteiger partial charge on any atom is -0.491 e. The molecule has 0 aliphatic heterocycles. The van der Waals surface area contributed by atoms with Gasteiger partial charge in [0, 0.05) is 6.04 Å². The van der Waals surface area contributed by atoms with Crippen molar-refractivity contribution in [1.29, 1.82) is 0 Å². The lowest BCUT2D eigenvalue weighted by Crippen LogP contribution is -2.37. The predicted molar refractivity (Wildman–Crippen MR) is 77.7 cm³/mol. The first kappa shape index (κ1) is 15.2. The second kappa shape index (κ2) is 6.97. The summed E-state index contributed by atoms with van der Waals surface area (Å²) in [6.45, 7) is 1.72. The van der Waals surface area contributed by atoms with Gasteiger partial charge in [0.15, 0.2) is 6.10 Å². The summed E-state index contributed by atoms with van der Waals surface area (Å²) < 4.78 is 10.4. The summed E-state index contributed by atoms with van der Waals surface area (Å²) in [6, 6.07) is 7.30.